The van der Waals surface area contributed by atoms with Gasteiger partial charge in [-0.05, 0) is 54.2 Å². The lowest BCUT2D eigenvalue weighted by molar-refractivity contribution is 0.174. The zero-order chi connectivity index (χ0) is 18.5. The van der Waals surface area contributed by atoms with Gasteiger partial charge in [-0.25, -0.2) is 0 Å². The molecule has 2 aromatic carbocycles. The Kier molecular flexibility index (Phi) is 5.99. The number of thiocarbonyl (C=S) groups is 1. The smallest absolute Gasteiger partial charge is 0.231 e. The molecule has 0 spiro atoms. The molecule has 5 heteroatoms. The van der Waals surface area contributed by atoms with Crippen molar-refractivity contribution in [3.63, 3.8) is 0 Å². The Labute approximate surface area is 160 Å². The molecule has 1 heterocycles. The molecule has 3 rings (SSSR count). The standard InChI is InChI=1S/C21H26N2O2S/c1-4-14(3)15-6-8-16(9-7-15)18(5-2)23-21(26)22-17-10-11-19-20(12-17)25-13-24-19/h6-12,14,18H,4-5,13H2,1-3H3,(H2,22,23,26). The highest BCUT2D eigenvalue weighted by atomic mass is 32.1. The fourth-order valence-electron chi connectivity index (χ4n) is 3.01. The van der Waals surface area contributed by atoms with Gasteiger partial charge in [0, 0.05) is 11.8 Å². The number of benzene rings is 2. The fourth-order valence-corrected chi connectivity index (χ4v) is 3.27. The van der Waals surface area contributed by atoms with Crippen molar-refractivity contribution in [2.75, 3.05) is 12.1 Å². The molecule has 0 saturated heterocycles. The molecular formula is C21H26N2O2S. The minimum absolute atomic E-state index is 0.176. The molecule has 0 aromatic heterocycles. The molecule has 2 aromatic rings. The third kappa shape index (κ3) is 4.28. The van der Waals surface area contributed by atoms with Gasteiger partial charge in [0.25, 0.3) is 0 Å². The number of fused-ring (bicyclic) bond motifs is 1. The van der Waals surface area contributed by atoms with E-state index in [9.17, 15) is 0 Å². The minimum atomic E-state index is 0.176. The normalized spacial score (nSPS) is 14.6. The van der Waals surface area contributed by atoms with E-state index >= 15 is 0 Å². The van der Waals surface area contributed by atoms with E-state index in [1.807, 2.05) is 18.2 Å². The highest BCUT2D eigenvalue weighted by Gasteiger charge is 2.15. The summed E-state index contributed by atoms with van der Waals surface area (Å²) in [6.07, 6.45) is 2.10. The molecule has 138 valence electrons. The van der Waals surface area contributed by atoms with E-state index in [0.29, 0.717) is 11.0 Å². The van der Waals surface area contributed by atoms with Gasteiger partial charge in [0.05, 0.1) is 6.04 Å². The van der Waals surface area contributed by atoms with Crippen LogP contribution in [0, 0.1) is 0 Å². The highest BCUT2D eigenvalue weighted by molar-refractivity contribution is 7.80. The summed E-state index contributed by atoms with van der Waals surface area (Å²) in [6.45, 7) is 6.90. The largest absolute Gasteiger partial charge is 0.454 e. The first kappa shape index (κ1) is 18.5. The van der Waals surface area contributed by atoms with Gasteiger partial charge < -0.3 is 20.1 Å². The van der Waals surface area contributed by atoms with E-state index in [1.165, 1.54) is 11.1 Å². The summed E-state index contributed by atoms with van der Waals surface area (Å²) in [4.78, 5) is 0. The van der Waals surface area contributed by atoms with E-state index in [0.717, 1.165) is 30.0 Å². The third-order valence-corrected chi connectivity index (χ3v) is 5.08. The van der Waals surface area contributed by atoms with E-state index in [1.54, 1.807) is 0 Å². The van der Waals surface area contributed by atoms with Crippen LogP contribution in [0.3, 0.4) is 0 Å². The van der Waals surface area contributed by atoms with Crippen LogP contribution in [0.5, 0.6) is 11.5 Å². The topological polar surface area (TPSA) is 42.5 Å². The maximum Gasteiger partial charge on any atom is 0.231 e. The summed E-state index contributed by atoms with van der Waals surface area (Å²) in [6, 6.07) is 14.7. The summed E-state index contributed by atoms with van der Waals surface area (Å²) in [5.41, 5.74) is 3.51. The summed E-state index contributed by atoms with van der Waals surface area (Å²) in [5.74, 6) is 2.10. The van der Waals surface area contributed by atoms with Gasteiger partial charge in [-0.3, -0.25) is 0 Å². The molecule has 0 aliphatic carbocycles. The van der Waals surface area contributed by atoms with Crippen molar-refractivity contribution < 1.29 is 9.47 Å². The van der Waals surface area contributed by atoms with Gasteiger partial charge in [0.1, 0.15) is 0 Å². The van der Waals surface area contributed by atoms with E-state index in [4.69, 9.17) is 21.7 Å². The van der Waals surface area contributed by atoms with Gasteiger partial charge in [-0.2, -0.15) is 0 Å². The van der Waals surface area contributed by atoms with E-state index < -0.39 is 0 Å². The summed E-state index contributed by atoms with van der Waals surface area (Å²) in [5, 5.41) is 7.24. The molecule has 0 saturated carbocycles. The molecule has 2 unspecified atom stereocenters. The Morgan fingerprint density at radius 3 is 2.38 bits per heavy atom. The van der Waals surface area contributed by atoms with Crippen LogP contribution in [0.1, 0.15) is 56.7 Å². The molecule has 2 N–H and O–H groups in total. The van der Waals surface area contributed by atoms with Crippen molar-refractivity contribution in [2.45, 2.75) is 45.6 Å². The quantitative estimate of drug-likeness (QED) is 0.670. The lowest BCUT2D eigenvalue weighted by Crippen LogP contribution is -2.32. The van der Waals surface area contributed by atoms with Gasteiger partial charge in [0.2, 0.25) is 6.79 Å². The summed E-state index contributed by atoms with van der Waals surface area (Å²) < 4.78 is 10.7. The molecule has 0 bridgehead atoms. The predicted octanol–water partition coefficient (Wildman–Crippen LogP) is 5.37. The average Bonchev–Trinajstić information content (AvgIpc) is 3.13. The van der Waals surface area contributed by atoms with Crippen molar-refractivity contribution in [1.29, 1.82) is 0 Å². The number of nitrogens with one attached hydrogen (secondary N) is 2. The lowest BCUT2D eigenvalue weighted by atomic mass is 9.95. The van der Waals surface area contributed by atoms with E-state index in [-0.39, 0.29) is 12.8 Å². The van der Waals surface area contributed by atoms with Crippen molar-refractivity contribution >= 4 is 23.0 Å². The highest BCUT2D eigenvalue weighted by Crippen LogP contribution is 2.34. The number of rotatable bonds is 6. The molecule has 0 radical (unpaired) electrons. The molecule has 4 nitrogen and oxygen atoms in total. The Balaban J connectivity index is 1.63. The second-order valence-electron chi connectivity index (χ2n) is 6.60. The Morgan fingerprint density at radius 2 is 1.69 bits per heavy atom. The summed E-state index contributed by atoms with van der Waals surface area (Å²) >= 11 is 5.50. The maximum absolute atomic E-state index is 5.50. The van der Waals surface area contributed by atoms with Crippen LogP contribution in [-0.2, 0) is 0 Å². The van der Waals surface area contributed by atoms with Gasteiger partial charge in [0.15, 0.2) is 16.6 Å². The number of hydrogen-bond acceptors (Lipinski definition) is 3. The molecular weight excluding hydrogens is 344 g/mol. The van der Waals surface area contributed by atoms with Crippen LogP contribution in [0.2, 0.25) is 0 Å². The fraction of sp³-hybridized carbons (Fsp3) is 0.381. The van der Waals surface area contributed by atoms with Gasteiger partial charge in [-0.1, -0.05) is 45.0 Å². The van der Waals surface area contributed by atoms with Crippen LogP contribution in [0.25, 0.3) is 0 Å². The van der Waals surface area contributed by atoms with Crippen molar-refractivity contribution in [3.8, 4) is 11.5 Å². The number of ether oxygens (including phenoxy) is 2. The molecule has 1 aliphatic rings. The SMILES string of the molecule is CCC(C)c1ccc(C(CC)NC(=S)Nc2ccc3c(c2)OCO3)cc1. The monoisotopic (exact) mass is 370 g/mol. The number of hydrogen-bond donors (Lipinski definition) is 2. The average molecular weight is 371 g/mol. The molecule has 0 amide bonds. The molecule has 0 fully saturated rings. The Morgan fingerprint density at radius 1 is 1.00 bits per heavy atom. The van der Waals surface area contributed by atoms with Crippen molar-refractivity contribution in [1.82, 2.24) is 5.32 Å². The first-order valence-corrected chi connectivity index (χ1v) is 9.58. The molecule has 2 atom stereocenters. The first-order valence-electron chi connectivity index (χ1n) is 9.17. The first-order chi connectivity index (χ1) is 12.6. The lowest BCUT2D eigenvalue weighted by Gasteiger charge is -2.21. The zero-order valence-electron chi connectivity index (χ0n) is 15.5. The van der Waals surface area contributed by atoms with Crippen molar-refractivity contribution in [3.05, 3.63) is 53.6 Å². The van der Waals surface area contributed by atoms with Crippen LogP contribution >= 0.6 is 12.2 Å². The predicted molar refractivity (Wildman–Crippen MR) is 110 cm³/mol. The van der Waals surface area contributed by atoms with Crippen LogP contribution in [-0.4, -0.2) is 11.9 Å². The van der Waals surface area contributed by atoms with Gasteiger partial charge >= 0.3 is 0 Å². The summed E-state index contributed by atoms with van der Waals surface area (Å²) in [7, 11) is 0. The van der Waals surface area contributed by atoms with Gasteiger partial charge in [-0.15, -0.1) is 0 Å². The van der Waals surface area contributed by atoms with Crippen molar-refractivity contribution in [2.24, 2.45) is 0 Å². The van der Waals surface area contributed by atoms with Crippen LogP contribution in [0.4, 0.5) is 5.69 Å². The van der Waals surface area contributed by atoms with Crippen LogP contribution < -0.4 is 20.1 Å². The third-order valence-electron chi connectivity index (χ3n) is 4.86. The zero-order valence-corrected chi connectivity index (χ0v) is 16.4. The Hall–Kier alpha value is -2.27. The molecule has 26 heavy (non-hydrogen) atoms. The van der Waals surface area contributed by atoms with Crippen LogP contribution in [0.15, 0.2) is 42.5 Å². The molecule has 1 aliphatic heterocycles. The second kappa shape index (κ2) is 8.41. The Bertz CT molecular complexity index is 761. The second-order valence-corrected chi connectivity index (χ2v) is 7.01. The maximum atomic E-state index is 5.50. The number of anilines is 1. The van der Waals surface area contributed by atoms with E-state index in [2.05, 4.69) is 55.7 Å². The minimum Gasteiger partial charge on any atom is -0.454 e.